The quantitative estimate of drug-likeness (QED) is 0.943. The van der Waals surface area contributed by atoms with Gasteiger partial charge in [0.2, 0.25) is 0 Å². The van der Waals surface area contributed by atoms with Gasteiger partial charge in [0.25, 0.3) is 5.91 Å². The number of rotatable bonds is 3. The molecule has 2 atom stereocenters. The Bertz CT molecular complexity index is 753. The SMILES string of the molecule is Cn1cncc1[C@H]1C[C@H](NC(=O)c2cccc3c2CCC3)CCO1. The van der Waals surface area contributed by atoms with Crippen LogP contribution in [0, 0.1) is 0 Å². The van der Waals surface area contributed by atoms with Crippen molar-refractivity contribution in [2.45, 2.75) is 44.2 Å². The second-order valence-electron chi connectivity index (χ2n) is 6.78. The highest BCUT2D eigenvalue weighted by Gasteiger charge is 2.28. The highest BCUT2D eigenvalue weighted by atomic mass is 16.5. The van der Waals surface area contributed by atoms with Gasteiger partial charge in [-0.15, -0.1) is 0 Å². The fourth-order valence-electron chi connectivity index (χ4n) is 3.91. The first kappa shape index (κ1) is 15.4. The van der Waals surface area contributed by atoms with E-state index in [-0.39, 0.29) is 18.1 Å². The summed E-state index contributed by atoms with van der Waals surface area (Å²) in [6, 6.07) is 6.24. The number of hydrogen-bond donors (Lipinski definition) is 1. The lowest BCUT2D eigenvalue weighted by Gasteiger charge is -2.30. The van der Waals surface area contributed by atoms with Gasteiger partial charge in [-0.2, -0.15) is 0 Å². The molecule has 1 N–H and O–H groups in total. The zero-order valence-corrected chi connectivity index (χ0v) is 14.0. The average Bonchev–Trinajstić information content (AvgIpc) is 3.23. The smallest absolute Gasteiger partial charge is 0.251 e. The van der Waals surface area contributed by atoms with Gasteiger partial charge < -0.3 is 14.6 Å². The van der Waals surface area contributed by atoms with Crippen LogP contribution >= 0.6 is 0 Å². The van der Waals surface area contributed by atoms with Crippen molar-refractivity contribution in [3.05, 3.63) is 53.1 Å². The summed E-state index contributed by atoms with van der Waals surface area (Å²) in [5.74, 6) is 0.0596. The number of aromatic nitrogens is 2. The highest BCUT2D eigenvalue weighted by molar-refractivity contribution is 5.96. The second kappa shape index (κ2) is 6.40. The van der Waals surface area contributed by atoms with Crippen LogP contribution < -0.4 is 5.32 Å². The largest absolute Gasteiger partial charge is 0.372 e. The minimum atomic E-state index is -0.00182. The predicted molar refractivity (Wildman–Crippen MR) is 90.9 cm³/mol. The molecule has 4 rings (SSSR count). The summed E-state index contributed by atoms with van der Waals surface area (Å²) in [7, 11) is 1.97. The zero-order valence-electron chi connectivity index (χ0n) is 14.0. The molecule has 24 heavy (non-hydrogen) atoms. The molecule has 1 saturated heterocycles. The van der Waals surface area contributed by atoms with Crippen LogP contribution in [0.2, 0.25) is 0 Å². The van der Waals surface area contributed by atoms with Gasteiger partial charge in [-0.25, -0.2) is 4.98 Å². The molecule has 126 valence electrons. The van der Waals surface area contributed by atoms with E-state index in [0.717, 1.165) is 43.4 Å². The molecule has 0 radical (unpaired) electrons. The number of amides is 1. The summed E-state index contributed by atoms with van der Waals surface area (Å²) in [6.07, 6.45) is 8.54. The molecule has 0 unspecified atom stereocenters. The zero-order chi connectivity index (χ0) is 16.5. The average molecular weight is 325 g/mol. The van der Waals surface area contributed by atoms with Gasteiger partial charge in [-0.1, -0.05) is 12.1 Å². The summed E-state index contributed by atoms with van der Waals surface area (Å²) < 4.78 is 7.87. The number of fused-ring (bicyclic) bond motifs is 1. The van der Waals surface area contributed by atoms with Crippen molar-refractivity contribution in [1.29, 1.82) is 0 Å². The Hall–Kier alpha value is -2.14. The molecule has 1 fully saturated rings. The Kier molecular flexibility index (Phi) is 4.10. The molecule has 0 saturated carbocycles. The predicted octanol–water partition coefficient (Wildman–Crippen LogP) is 2.56. The first-order valence-corrected chi connectivity index (χ1v) is 8.72. The van der Waals surface area contributed by atoms with Gasteiger partial charge in [0, 0.05) is 25.3 Å². The molecule has 1 aliphatic carbocycles. The molecule has 0 spiro atoms. The summed E-state index contributed by atoms with van der Waals surface area (Å²) in [4.78, 5) is 16.9. The molecule has 1 amide bonds. The third-order valence-electron chi connectivity index (χ3n) is 5.19. The van der Waals surface area contributed by atoms with E-state index in [1.807, 2.05) is 29.9 Å². The van der Waals surface area contributed by atoms with E-state index < -0.39 is 0 Å². The minimum Gasteiger partial charge on any atom is -0.372 e. The fraction of sp³-hybridized carbons (Fsp3) is 0.474. The molecular formula is C19H23N3O2. The molecule has 5 heteroatoms. The number of benzene rings is 1. The van der Waals surface area contributed by atoms with Gasteiger partial charge in [-0.05, 0) is 49.3 Å². The highest BCUT2D eigenvalue weighted by Crippen LogP contribution is 2.29. The van der Waals surface area contributed by atoms with Crippen LogP contribution in [-0.4, -0.2) is 28.1 Å². The van der Waals surface area contributed by atoms with Crippen LogP contribution in [0.3, 0.4) is 0 Å². The minimum absolute atomic E-state index is 0.00182. The number of hydrogen-bond acceptors (Lipinski definition) is 3. The fourth-order valence-corrected chi connectivity index (χ4v) is 3.91. The summed E-state index contributed by atoms with van der Waals surface area (Å²) in [5.41, 5.74) is 4.50. The van der Waals surface area contributed by atoms with Crippen LogP contribution in [0.4, 0.5) is 0 Å². The number of imidazole rings is 1. The Morgan fingerprint density at radius 1 is 1.38 bits per heavy atom. The number of carbonyl (C=O) groups excluding carboxylic acids is 1. The molecule has 0 bridgehead atoms. The van der Waals surface area contributed by atoms with E-state index in [9.17, 15) is 4.79 Å². The molecule has 2 aliphatic rings. The topological polar surface area (TPSA) is 56.2 Å². The molecule has 2 aromatic rings. The van der Waals surface area contributed by atoms with Gasteiger partial charge >= 0.3 is 0 Å². The summed E-state index contributed by atoms with van der Waals surface area (Å²) in [5, 5.41) is 3.23. The normalized spacial score (nSPS) is 23.0. The molecule has 2 heterocycles. The van der Waals surface area contributed by atoms with E-state index in [2.05, 4.69) is 16.4 Å². The van der Waals surface area contributed by atoms with Crippen LogP contribution in [-0.2, 0) is 24.6 Å². The van der Waals surface area contributed by atoms with Crippen molar-refractivity contribution >= 4 is 5.91 Å². The lowest BCUT2D eigenvalue weighted by Crippen LogP contribution is -2.40. The molecule has 1 aromatic heterocycles. The van der Waals surface area contributed by atoms with Crippen LogP contribution in [0.5, 0.6) is 0 Å². The van der Waals surface area contributed by atoms with Crippen LogP contribution in [0.15, 0.2) is 30.7 Å². The van der Waals surface area contributed by atoms with Crippen molar-refractivity contribution < 1.29 is 9.53 Å². The number of nitrogens with one attached hydrogen (secondary N) is 1. The van der Waals surface area contributed by atoms with Gasteiger partial charge in [0.15, 0.2) is 0 Å². The molecule has 1 aromatic carbocycles. The van der Waals surface area contributed by atoms with E-state index in [1.165, 1.54) is 11.1 Å². The van der Waals surface area contributed by atoms with E-state index in [1.54, 1.807) is 6.33 Å². The van der Waals surface area contributed by atoms with Crippen LogP contribution in [0.25, 0.3) is 0 Å². The maximum atomic E-state index is 12.8. The van der Waals surface area contributed by atoms with Crippen molar-refractivity contribution in [1.82, 2.24) is 14.9 Å². The van der Waals surface area contributed by atoms with E-state index >= 15 is 0 Å². The van der Waals surface area contributed by atoms with Crippen molar-refractivity contribution in [3.8, 4) is 0 Å². The maximum Gasteiger partial charge on any atom is 0.251 e. The summed E-state index contributed by atoms with van der Waals surface area (Å²) >= 11 is 0. The van der Waals surface area contributed by atoms with Crippen molar-refractivity contribution in [2.75, 3.05) is 6.61 Å². The number of aryl methyl sites for hydroxylation is 2. The third kappa shape index (κ3) is 2.84. The lowest BCUT2D eigenvalue weighted by molar-refractivity contribution is -0.00302. The first-order chi connectivity index (χ1) is 11.7. The van der Waals surface area contributed by atoms with Crippen molar-refractivity contribution in [2.24, 2.45) is 7.05 Å². The van der Waals surface area contributed by atoms with E-state index in [0.29, 0.717) is 6.61 Å². The Balaban J connectivity index is 1.46. The van der Waals surface area contributed by atoms with E-state index in [4.69, 9.17) is 4.74 Å². The van der Waals surface area contributed by atoms with Gasteiger partial charge in [0.1, 0.15) is 6.10 Å². The maximum absolute atomic E-state index is 12.8. The monoisotopic (exact) mass is 325 g/mol. The molecular weight excluding hydrogens is 302 g/mol. The summed E-state index contributed by atoms with van der Waals surface area (Å²) in [6.45, 7) is 0.660. The Labute approximate surface area is 142 Å². The second-order valence-corrected chi connectivity index (χ2v) is 6.78. The first-order valence-electron chi connectivity index (χ1n) is 8.72. The number of carbonyl (C=O) groups is 1. The Morgan fingerprint density at radius 2 is 2.29 bits per heavy atom. The van der Waals surface area contributed by atoms with Crippen LogP contribution in [0.1, 0.15) is 52.5 Å². The Morgan fingerprint density at radius 3 is 3.12 bits per heavy atom. The lowest BCUT2D eigenvalue weighted by atomic mass is 9.99. The van der Waals surface area contributed by atoms with Crippen molar-refractivity contribution in [3.63, 3.8) is 0 Å². The molecule has 1 aliphatic heterocycles. The van der Waals surface area contributed by atoms with Gasteiger partial charge in [0.05, 0.1) is 18.2 Å². The van der Waals surface area contributed by atoms with Gasteiger partial charge in [-0.3, -0.25) is 4.79 Å². The molecule has 5 nitrogen and oxygen atoms in total. The standard InChI is InChI=1S/C19H23N3O2/c1-22-12-20-11-17(22)18-10-14(8-9-24-18)21-19(23)16-7-3-5-13-4-2-6-15(13)16/h3,5,7,11-12,14,18H,2,4,6,8-10H2,1H3,(H,21,23)/t14-,18-/m1/s1. The third-order valence-corrected chi connectivity index (χ3v) is 5.19. The number of ether oxygens (including phenoxy) is 1. The number of nitrogens with zero attached hydrogens (tertiary/aromatic N) is 2.